The van der Waals surface area contributed by atoms with Crippen LogP contribution in [-0.4, -0.2) is 9.78 Å². The molecule has 0 saturated heterocycles. The van der Waals surface area contributed by atoms with E-state index in [0.29, 0.717) is 11.5 Å². The molecule has 90 valence electrons. The van der Waals surface area contributed by atoms with Gasteiger partial charge in [-0.2, -0.15) is 5.10 Å². The van der Waals surface area contributed by atoms with Crippen LogP contribution in [-0.2, 0) is 0 Å². The monoisotopic (exact) mass is 234 g/mol. The molecule has 0 bridgehead atoms. The van der Waals surface area contributed by atoms with Crippen LogP contribution < -0.4 is 11.1 Å². The zero-order chi connectivity index (χ0) is 12.4. The summed E-state index contributed by atoms with van der Waals surface area (Å²) in [6.07, 6.45) is 1.86. The van der Waals surface area contributed by atoms with Crippen molar-refractivity contribution in [3.63, 3.8) is 0 Å². The van der Waals surface area contributed by atoms with Gasteiger partial charge in [0.25, 0.3) is 0 Å². The highest BCUT2D eigenvalue weighted by atomic mass is 19.1. The maximum Gasteiger partial charge on any atom is 0.152 e. The van der Waals surface area contributed by atoms with Crippen molar-refractivity contribution in [3.8, 4) is 0 Å². The fourth-order valence-corrected chi connectivity index (χ4v) is 1.48. The van der Waals surface area contributed by atoms with E-state index in [1.54, 1.807) is 12.1 Å². The number of halogens is 1. The molecule has 1 aromatic heterocycles. The molecule has 0 aliphatic carbocycles. The first-order valence-corrected chi connectivity index (χ1v) is 5.44. The fourth-order valence-electron chi connectivity index (χ4n) is 1.48. The van der Waals surface area contributed by atoms with Crippen molar-refractivity contribution < 1.29 is 4.39 Å². The van der Waals surface area contributed by atoms with E-state index in [1.165, 1.54) is 6.07 Å². The van der Waals surface area contributed by atoms with Crippen molar-refractivity contribution in [1.29, 1.82) is 0 Å². The normalized spacial score (nSPS) is 10.8. The van der Waals surface area contributed by atoms with Crippen LogP contribution in [0.25, 0.3) is 0 Å². The second-order valence-electron chi connectivity index (χ2n) is 4.10. The second-order valence-corrected chi connectivity index (χ2v) is 4.10. The number of para-hydroxylation sites is 1. The molecule has 5 heteroatoms. The van der Waals surface area contributed by atoms with Crippen molar-refractivity contribution in [1.82, 2.24) is 9.78 Å². The van der Waals surface area contributed by atoms with Crippen LogP contribution >= 0.6 is 0 Å². The zero-order valence-electron chi connectivity index (χ0n) is 9.81. The molecule has 0 spiro atoms. The third-order valence-corrected chi connectivity index (χ3v) is 2.45. The van der Waals surface area contributed by atoms with Crippen LogP contribution in [0.3, 0.4) is 0 Å². The zero-order valence-corrected chi connectivity index (χ0v) is 9.81. The molecule has 3 N–H and O–H groups in total. The Morgan fingerprint density at radius 2 is 2.12 bits per heavy atom. The van der Waals surface area contributed by atoms with E-state index in [-0.39, 0.29) is 11.7 Å². The van der Waals surface area contributed by atoms with Crippen molar-refractivity contribution in [2.45, 2.75) is 19.9 Å². The van der Waals surface area contributed by atoms with Crippen molar-refractivity contribution in [3.05, 3.63) is 36.3 Å². The van der Waals surface area contributed by atoms with Gasteiger partial charge >= 0.3 is 0 Å². The molecule has 0 saturated carbocycles. The standard InChI is InChI=1S/C12H15FN4/c1-8(2)17-7-6-11(16-17)15-10-5-3-4-9(13)12(10)14/h3-8H,14H2,1-2H3,(H,15,16). The summed E-state index contributed by atoms with van der Waals surface area (Å²) in [6, 6.07) is 6.76. The highest BCUT2D eigenvalue weighted by Crippen LogP contribution is 2.24. The highest BCUT2D eigenvalue weighted by Gasteiger charge is 2.06. The lowest BCUT2D eigenvalue weighted by atomic mass is 10.2. The Labute approximate surface area is 99.2 Å². The molecule has 17 heavy (non-hydrogen) atoms. The summed E-state index contributed by atoms with van der Waals surface area (Å²) in [7, 11) is 0. The van der Waals surface area contributed by atoms with Crippen LogP contribution in [0.1, 0.15) is 19.9 Å². The lowest BCUT2D eigenvalue weighted by Gasteiger charge is -2.08. The third-order valence-electron chi connectivity index (χ3n) is 2.45. The molecule has 2 rings (SSSR count). The Hall–Kier alpha value is -2.04. The van der Waals surface area contributed by atoms with E-state index in [4.69, 9.17) is 5.73 Å². The molecule has 4 nitrogen and oxygen atoms in total. The van der Waals surface area contributed by atoms with Gasteiger partial charge in [0.2, 0.25) is 0 Å². The van der Waals surface area contributed by atoms with Crippen LogP contribution in [0.2, 0.25) is 0 Å². The van der Waals surface area contributed by atoms with Gasteiger partial charge in [0, 0.05) is 18.3 Å². The van der Waals surface area contributed by atoms with Crippen LogP contribution in [0.5, 0.6) is 0 Å². The number of hydrogen-bond donors (Lipinski definition) is 2. The van der Waals surface area contributed by atoms with Gasteiger partial charge in [-0.15, -0.1) is 0 Å². The third kappa shape index (κ3) is 2.38. The molecule has 2 aromatic rings. The SMILES string of the molecule is CC(C)n1ccc(Nc2cccc(F)c2N)n1. The molecule has 1 aromatic carbocycles. The fraction of sp³-hybridized carbons (Fsp3) is 0.250. The summed E-state index contributed by atoms with van der Waals surface area (Å²) >= 11 is 0. The minimum Gasteiger partial charge on any atom is -0.395 e. The van der Waals surface area contributed by atoms with E-state index in [0.717, 1.165) is 0 Å². The topological polar surface area (TPSA) is 55.9 Å². The van der Waals surface area contributed by atoms with Gasteiger partial charge in [0.1, 0.15) is 5.82 Å². The molecule has 1 heterocycles. The van der Waals surface area contributed by atoms with Crippen molar-refractivity contribution in [2.75, 3.05) is 11.1 Å². The first-order valence-electron chi connectivity index (χ1n) is 5.44. The Kier molecular flexibility index (Phi) is 2.99. The van der Waals surface area contributed by atoms with Crippen LogP contribution in [0.15, 0.2) is 30.5 Å². The molecule has 0 radical (unpaired) electrons. The molecule has 0 aliphatic rings. The summed E-state index contributed by atoms with van der Waals surface area (Å²) in [6.45, 7) is 4.07. The quantitative estimate of drug-likeness (QED) is 0.803. The average molecular weight is 234 g/mol. The first-order chi connectivity index (χ1) is 8.08. The number of nitrogens with two attached hydrogens (primary N) is 1. The number of aromatic nitrogens is 2. The summed E-state index contributed by atoms with van der Waals surface area (Å²) in [4.78, 5) is 0. The Balaban J connectivity index is 2.22. The molecule has 0 aliphatic heterocycles. The Morgan fingerprint density at radius 3 is 2.76 bits per heavy atom. The predicted octanol–water partition coefficient (Wildman–Crippen LogP) is 2.93. The van der Waals surface area contributed by atoms with E-state index in [1.807, 2.05) is 30.8 Å². The summed E-state index contributed by atoms with van der Waals surface area (Å²) in [5, 5.41) is 7.29. The van der Waals surface area contributed by atoms with Gasteiger partial charge < -0.3 is 11.1 Å². The largest absolute Gasteiger partial charge is 0.395 e. The molecule has 0 fully saturated rings. The summed E-state index contributed by atoms with van der Waals surface area (Å²) < 4.78 is 15.0. The number of nitrogen functional groups attached to an aromatic ring is 1. The smallest absolute Gasteiger partial charge is 0.152 e. The molecule has 0 atom stereocenters. The van der Waals surface area contributed by atoms with E-state index in [9.17, 15) is 4.39 Å². The minimum atomic E-state index is -0.432. The minimum absolute atomic E-state index is 0.103. The van der Waals surface area contributed by atoms with Crippen LogP contribution in [0, 0.1) is 5.82 Å². The first kappa shape index (κ1) is 11.4. The predicted molar refractivity (Wildman–Crippen MR) is 66.7 cm³/mol. The molecule has 0 unspecified atom stereocenters. The van der Waals surface area contributed by atoms with Gasteiger partial charge in [-0.1, -0.05) is 6.07 Å². The van der Waals surface area contributed by atoms with Gasteiger partial charge in [-0.05, 0) is 26.0 Å². The Morgan fingerprint density at radius 1 is 1.35 bits per heavy atom. The Bertz CT molecular complexity index is 519. The van der Waals surface area contributed by atoms with Crippen LogP contribution in [0.4, 0.5) is 21.6 Å². The number of nitrogens with zero attached hydrogens (tertiary/aromatic N) is 2. The number of hydrogen-bond acceptors (Lipinski definition) is 3. The lowest BCUT2D eigenvalue weighted by molar-refractivity contribution is 0.534. The average Bonchev–Trinajstić information content (AvgIpc) is 2.73. The highest BCUT2D eigenvalue weighted by molar-refractivity contribution is 5.71. The van der Waals surface area contributed by atoms with Crippen molar-refractivity contribution >= 4 is 17.2 Å². The molecular formula is C12H15FN4. The number of benzene rings is 1. The van der Waals surface area contributed by atoms with E-state index >= 15 is 0 Å². The maximum atomic E-state index is 13.2. The number of nitrogens with one attached hydrogen (secondary N) is 1. The summed E-state index contributed by atoms with van der Waals surface area (Å²) in [5.41, 5.74) is 6.26. The van der Waals surface area contributed by atoms with Gasteiger partial charge in [-0.3, -0.25) is 4.68 Å². The lowest BCUT2D eigenvalue weighted by Crippen LogP contribution is -2.03. The molecule has 0 amide bonds. The molecular weight excluding hydrogens is 219 g/mol. The van der Waals surface area contributed by atoms with E-state index in [2.05, 4.69) is 10.4 Å². The van der Waals surface area contributed by atoms with Gasteiger partial charge in [0.05, 0.1) is 11.4 Å². The number of anilines is 3. The van der Waals surface area contributed by atoms with Gasteiger partial charge in [0.15, 0.2) is 5.82 Å². The van der Waals surface area contributed by atoms with E-state index < -0.39 is 5.82 Å². The summed E-state index contributed by atoms with van der Waals surface area (Å²) in [5.74, 6) is 0.217. The van der Waals surface area contributed by atoms with Crippen molar-refractivity contribution in [2.24, 2.45) is 0 Å². The number of rotatable bonds is 3. The maximum absolute atomic E-state index is 13.2. The van der Waals surface area contributed by atoms with Gasteiger partial charge in [-0.25, -0.2) is 4.39 Å². The second kappa shape index (κ2) is 4.45.